The highest BCUT2D eigenvalue weighted by Gasteiger charge is 2.40. The van der Waals surface area contributed by atoms with Crippen molar-refractivity contribution >= 4 is 30.7 Å². The van der Waals surface area contributed by atoms with Crippen LogP contribution in [0, 0.1) is 5.92 Å². The largest absolute Gasteiger partial charge is 0.336 e. The number of aromatic nitrogens is 2. The van der Waals surface area contributed by atoms with Crippen molar-refractivity contribution in [1.82, 2.24) is 14.5 Å². The van der Waals surface area contributed by atoms with Crippen molar-refractivity contribution in [3.05, 3.63) is 17.2 Å². The van der Waals surface area contributed by atoms with Crippen LogP contribution in [0.1, 0.15) is 69.6 Å². The Hall–Kier alpha value is -0.780. The third kappa shape index (κ3) is 4.15. The lowest BCUT2D eigenvalue weighted by molar-refractivity contribution is -0.140. The van der Waals surface area contributed by atoms with Crippen LogP contribution in [0.3, 0.4) is 0 Å². The Morgan fingerprint density at radius 1 is 1.32 bits per heavy atom. The van der Waals surface area contributed by atoms with Crippen LogP contribution in [0.4, 0.5) is 0 Å². The number of amides is 1. The normalized spacial score (nSPS) is 25.8. The van der Waals surface area contributed by atoms with Crippen molar-refractivity contribution in [3.8, 4) is 0 Å². The fourth-order valence-corrected chi connectivity index (χ4v) is 4.24. The second-order valence-electron chi connectivity index (χ2n) is 7.89. The van der Waals surface area contributed by atoms with E-state index in [0.29, 0.717) is 12.5 Å². The van der Waals surface area contributed by atoms with Crippen molar-refractivity contribution in [2.24, 2.45) is 18.7 Å². The summed E-state index contributed by atoms with van der Waals surface area (Å²) in [4.78, 5) is 19.8. The predicted octanol–water partition coefficient (Wildman–Crippen LogP) is 3.18. The van der Waals surface area contributed by atoms with Crippen molar-refractivity contribution < 1.29 is 4.79 Å². The number of carbonyl (C=O) groups excluding carboxylic acids is 1. The first kappa shape index (κ1) is 22.3. The minimum Gasteiger partial charge on any atom is -0.336 e. The summed E-state index contributed by atoms with van der Waals surface area (Å²) < 4.78 is 2.22. The molecule has 1 saturated carbocycles. The summed E-state index contributed by atoms with van der Waals surface area (Å²) in [7, 11) is 2.09. The van der Waals surface area contributed by atoms with Crippen molar-refractivity contribution in [1.29, 1.82) is 0 Å². The van der Waals surface area contributed by atoms with E-state index in [1.165, 1.54) is 5.69 Å². The summed E-state index contributed by atoms with van der Waals surface area (Å²) in [5, 5.41) is 0. The van der Waals surface area contributed by atoms with Gasteiger partial charge in [-0.1, -0.05) is 26.7 Å². The van der Waals surface area contributed by atoms with Crippen LogP contribution in [0.15, 0.2) is 0 Å². The number of hydrogen-bond acceptors (Lipinski definition) is 3. The quantitative estimate of drug-likeness (QED) is 0.842. The zero-order valence-electron chi connectivity index (χ0n) is 15.7. The van der Waals surface area contributed by atoms with E-state index in [1.807, 2.05) is 11.8 Å². The molecule has 144 valence electrons. The fraction of sp³-hybridized carbons (Fsp3) is 0.778. The Labute approximate surface area is 163 Å². The number of fused-ring (bicyclic) bond motifs is 1. The number of nitrogens with two attached hydrogens (primary N) is 1. The SMILES string of the molecule is CC(C)c1nc2c(n1C)CCN(C(=O)C1CCCCC1(C)N)C2.Cl.Cl. The molecule has 3 rings (SSSR count). The van der Waals surface area contributed by atoms with Gasteiger partial charge in [0.2, 0.25) is 5.91 Å². The number of hydrogen-bond donors (Lipinski definition) is 1. The maximum atomic E-state index is 13.0. The van der Waals surface area contributed by atoms with E-state index >= 15 is 0 Å². The van der Waals surface area contributed by atoms with Gasteiger partial charge in [-0.2, -0.15) is 0 Å². The van der Waals surface area contributed by atoms with E-state index in [4.69, 9.17) is 10.7 Å². The Morgan fingerprint density at radius 2 is 2.00 bits per heavy atom. The van der Waals surface area contributed by atoms with Gasteiger partial charge in [-0.05, 0) is 19.8 Å². The molecule has 0 aromatic carbocycles. The van der Waals surface area contributed by atoms with Crippen molar-refractivity contribution in [2.75, 3.05) is 6.54 Å². The molecule has 1 aromatic heterocycles. The molecule has 1 fully saturated rings. The second kappa shape index (κ2) is 8.28. The number of carbonyl (C=O) groups is 1. The molecule has 2 aliphatic rings. The van der Waals surface area contributed by atoms with Gasteiger partial charge in [0.1, 0.15) is 5.82 Å². The van der Waals surface area contributed by atoms with Gasteiger partial charge in [-0.3, -0.25) is 4.79 Å². The summed E-state index contributed by atoms with van der Waals surface area (Å²) in [5.74, 6) is 1.72. The summed E-state index contributed by atoms with van der Waals surface area (Å²) in [5.41, 5.74) is 8.43. The highest BCUT2D eigenvalue weighted by Crippen LogP contribution is 2.34. The minimum absolute atomic E-state index is 0. The van der Waals surface area contributed by atoms with E-state index in [0.717, 1.165) is 50.2 Å². The monoisotopic (exact) mass is 390 g/mol. The first-order valence-electron chi connectivity index (χ1n) is 8.93. The maximum absolute atomic E-state index is 13.0. The molecular formula is C18H32Cl2N4O. The van der Waals surface area contributed by atoms with E-state index in [1.54, 1.807) is 0 Å². The van der Waals surface area contributed by atoms with Gasteiger partial charge < -0.3 is 15.2 Å². The molecule has 0 bridgehead atoms. The summed E-state index contributed by atoms with van der Waals surface area (Å²) >= 11 is 0. The predicted molar refractivity (Wildman–Crippen MR) is 105 cm³/mol. The molecule has 25 heavy (non-hydrogen) atoms. The van der Waals surface area contributed by atoms with Crippen LogP contribution in [-0.2, 0) is 24.8 Å². The number of imidazole rings is 1. The minimum atomic E-state index is -0.358. The van der Waals surface area contributed by atoms with E-state index < -0.39 is 0 Å². The standard InChI is InChI=1S/C18H30N4O.2ClH/c1-12(2)16-20-14-11-22(10-8-15(14)21(16)4)17(23)13-7-5-6-9-18(13,3)19;;/h12-13H,5-11,19H2,1-4H3;2*1H. The van der Waals surface area contributed by atoms with E-state index in [9.17, 15) is 4.79 Å². The molecule has 2 N–H and O–H groups in total. The Morgan fingerprint density at radius 3 is 2.60 bits per heavy atom. The molecule has 1 aliphatic carbocycles. The Balaban J connectivity index is 0.00000156. The molecule has 0 radical (unpaired) electrons. The number of halogens is 2. The van der Waals surface area contributed by atoms with E-state index in [2.05, 4.69) is 25.5 Å². The second-order valence-corrected chi connectivity index (χ2v) is 7.89. The highest BCUT2D eigenvalue weighted by molar-refractivity contribution is 5.85. The molecule has 2 unspecified atom stereocenters. The number of rotatable bonds is 2. The van der Waals surface area contributed by atoms with Crippen LogP contribution in [0.25, 0.3) is 0 Å². The molecular weight excluding hydrogens is 359 g/mol. The summed E-state index contributed by atoms with van der Waals surface area (Å²) in [6.45, 7) is 7.80. The Kier molecular flexibility index (Phi) is 7.37. The third-order valence-corrected chi connectivity index (χ3v) is 5.67. The van der Waals surface area contributed by atoms with Crippen molar-refractivity contribution in [2.45, 2.75) is 70.9 Å². The molecule has 0 saturated heterocycles. The van der Waals surface area contributed by atoms with Crippen LogP contribution in [0.2, 0.25) is 0 Å². The molecule has 1 amide bonds. The first-order chi connectivity index (χ1) is 10.8. The topological polar surface area (TPSA) is 64.2 Å². The highest BCUT2D eigenvalue weighted by atomic mass is 35.5. The Bertz CT molecular complexity index is 612. The summed E-state index contributed by atoms with van der Waals surface area (Å²) in [6, 6.07) is 0. The van der Waals surface area contributed by atoms with Gasteiger partial charge in [0.15, 0.2) is 0 Å². The van der Waals surface area contributed by atoms with Gasteiger partial charge >= 0.3 is 0 Å². The van der Waals surface area contributed by atoms with Crippen LogP contribution >= 0.6 is 24.8 Å². The molecule has 7 heteroatoms. The molecule has 1 aliphatic heterocycles. The lowest BCUT2D eigenvalue weighted by atomic mass is 9.74. The molecule has 5 nitrogen and oxygen atoms in total. The molecule has 0 spiro atoms. The lowest BCUT2D eigenvalue weighted by Gasteiger charge is -2.40. The van der Waals surface area contributed by atoms with Crippen LogP contribution < -0.4 is 5.73 Å². The first-order valence-corrected chi connectivity index (χ1v) is 8.93. The van der Waals surface area contributed by atoms with Gasteiger partial charge in [0.05, 0.1) is 18.2 Å². The fourth-order valence-electron chi connectivity index (χ4n) is 4.24. The van der Waals surface area contributed by atoms with Crippen molar-refractivity contribution in [3.63, 3.8) is 0 Å². The average Bonchev–Trinajstić information content (AvgIpc) is 2.83. The van der Waals surface area contributed by atoms with Gasteiger partial charge in [-0.25, -0.2) is 4.98 Å². The van der Waals surface area contributed by atoms with E-state index in [-0.39, 0.29) is 42.2 Å². The molecule has 2 atom stereocenters. The zero-order chi connectivity index (χ0) is 16.8. The maximum Gasteiger partial charge on any atom is 0.227 e. The van der Waals surface area contributed by atoms with Crippen LogP contribution in [-0.4, -0.2) is 32.4 Å². The average molecular weight is 391 g/mol. The van der Waals surface area contributed by atoms with Gasteiger partial charge in [0, 0.05) is 37.2 Å². The summed E-state index contributed by atoms with van der Waals surface area (Å²) in [6.07, 6.45) is 5.02. The zero-order valence-corrected chi connectivity index (χ0v) is 17.4. The van der Waals surface area contributed by atoms with Gasteiger partial charge in [0.25, 0.3) is 0 Å². The smallest absolute Gasteiger partial charge is 0.227 e. The number of nitrogens with zero attached hydrogens (tertiary/aromatic N) is 3. The van der Waals surface area contributed by atoms with Crippen LogP contribution in [0.5, 0.6) is 0 Å². The molecule has 1 aromatic rings. The lowest BCUT2D eigenvalue weighted by Crippen LogP contribution is -2.54. The van der Waals surface area contributed by atoms with Gasteiger partial charge in [-0.15, -0.1) is 24.8 Å². The molecule has 2 heterocycles. The third-order valence-electron chi connectivity index (χ3n) is 5.67.